The molecular formula is C43H28N2S. The zero-order valence-electron chi connectivity index (χ0n) is 28.7. The number of aromatic nitrogens is 1. The lowest BCUT2D eigenvalue weighted by atomic mass is 10.0. The van der Waals surface area contributed by atoms with Crippen molar-refractivity contribution >= 4 is 39.2 Å². The Bertz CT molecular complexity index is 2430. The van der Waals surface area contributed by atoms with Crippen LogP contribution in [-0.4, -0.2) is 4.98 Å². The Balaban J connectivity index is 1.23. The molecule has 216 valence electrons. The molecule has 1 heterocycles. The fraction of sp³-hybridized carbons (Fsp3) is 0. The van der Waals surface area contributed by atoms with Crippen molar-refractivity contribution in [1.82, 2.24) is 4.98 Å². The summed E-state index contributed by atoms with van der Waals surface area (Å²) in [6, 6.07) is 48.0. The fourth-order valence-corrected chi connectivity index (χ4v) is 7.43. The van der Waals surface area contributed by atoms with Gasteiger partial charge in [-0.1, -0.05) is 121 Å². The maximum absolute atomic E-state index is 9.46. The summed E-state index contributed by atoms with van der Waals surface area (Å²) in [7, 11) is 0. The van der Waals surface area contributed by atoms with Crippen LogP contribution in [0, 0.1) is 0 Å². The summed E-state index contributed by atoms with van der Waals surface area (Å²) in [5, 5.41) is 2.79. The molecule has 0 N–H and O–H groups in total. The number of fused-ring (bicyclic) bond motifs is 3. The van der Waals surface area contributed by atoms with Gasteiger partial charge in [-0.3, -0.25) is 0 Å². The third-order valence-electron chi connectivity index (χ3n) is 8.50. The van der Waals surface area contributed by atoms with E-state index in [9.17, 15) is 5.48 Å². The molecule has 3 heteroatoms. The lowest BCUT2D eigenvalue weighted by Crippen LogP contribution is -2.10. The smallest absolute Gasteiger partial charge is 0.124 e. The first-order chi connectivity index (χ1) is 24.5. The summed E-state index contributed by atoms with van der Waals surface area (Å²) < 4.78 is 37.6. The Morgan fingerprint density at radius 1 is 0.478 bits per heavy atom. The van der Waals surface area contributed by atoms with Gasteiger partial charge in [0, 0.05) is 33.8 Å². The standard InChI is InChI=1S/C43H28N2S/c1-3-11-29(12-4-1)33-17-7-19-36(27-33)45(37-20-8-18-34(28-37)30-13-5-2-6-14-30)35-25-23-32(24-26-35)43-44-41-38-21-9-15-31-16-10-22-39(40(31)38)42(41)46-43/h1-28H/i23D,24D,25D,26D. The lowest BCUT2D eigenvalue weighted by Gasteiger charge is -2.26. The highest BCUT2D eigenvalue weighted by atomic mass is 32.1. The monoisotopic (exact) mass is 608 g/mol. The third kappa shape index (κ3) is 4.52. The van der Waals surface area contributed by atoms with Crippen LogP contribution in [0.5, 0.6) is 0 Å². The van der Waals surface area contributed by atoms with Gasteiger partial charge in [0.1, 0.15) is 5.01 Å². The van der Waals surface area contributed by atoms with Crippen molar-refractivity contribution in [2.45, 2.75) is 0 Å². The predicted octanol–water partition coefficient (Wildman–Crippen LogP) is 12.4. The van der Waals surface area contributed by atoms with Gasteiger partial charge in [-0.15, -0.1) is 11.3 Å². The van der Waals surface area contributed by atoms with Crippen molar-refractivity contribution in [3.8, 4) is 54.5 Å². The van der Waals surface area contributed by atoms with E-state index < -0.39 is 0 Å². The van der Waals surface area contributed by atoms with E-state index in [1.54, 1.807) is 0 Å². The molecule has 0 radical (unpaired) electrons. The van der Waals surface area contributed by atoms with Crippen molar-refractivity contribution in [3.05, 3.63) is 170 Å². The molecule has 0 unspecified atom stereocenters. The molecule has 0 saturated carbocycles. The predicted molar refractivity (Wildman–Crippen MR) is 195 cm³/mol. The van der Waals surface area contributed by atoms with Gasteiger partial charge < -0.3 is 4.90 Å². The van der Waals surface area contributed by atoms with Gasteiger partial charge in [0.15, 0.2) is 0 Å². The molecule has 7 aromatic carbocycles. The minimum atomic E-state index is -0.130. The second-order valence-electron chi connectivity index (χ2n) is 11.3. The number of hydrogen-bond acceptors (Lipinski definition) is 3. The van der Waals surface area contributed by atoms with Gasteiger partial charge in [-0.25, -0.2) is 4.98 Å². The van der Waals surface area contributed by atoms with E-state index in [2.05, 4.69) is 24.3 Å². The van der Waals surface area contributed by atoms with Crippen LogP contribution in [0.1, 0.15) is 5.48 Å². The third-order valence-corrected chi connectivity index (χ3v) is 9.61. The number of anilines is 3. The maximum Gasteiger partial charge on any atom is 0.124 e. The summed E-state index contributed by atoms with van der Waals surface area (Å²) in [6.45, 7) is 0. The van der Waals surface area contributed by atoms with E-state index in [1.165, 1.54) is 11.3 Å². The zero-order valence-corrected chi connectivity index (χ0v) is 25.5. The van der Waals surface area contributed by atoms with E-state index >= 15 is 0 Å². The Hall–Kier alpha value is -5.77. The SMILES string of the molecule is [2H]c1c([2H])c(N(c2cccc(-c3ccccc3)c2)c2cccc(-c3ccccc3)c2)c([2H])c([2H])c1-c1nc2c(s1)-c1cccc3cccc-2c13. The van der Waals surface area contributed by atoms with Gasteiger partial charge >= 0.3 is 0 Å². The van der Waals surface area contributed by atoms with Crippen LogP contribution in [-0.2, 0) is 0 Å². The normalized spacial score (nSPS) is 12.7. The van der Waals surface area contributed by atoms with E-state index in [-0.39, 0.29) is 35.4 Å². The first-order valence-electron chi connectivity index (χ1n) is 17.2. The van der Waals surface area contributed by atoms with Crippen LogP contribution in [0.25, 0.3) is 65.3 Å². The molecular weight excluding hydrogens is 577 g/mol. The lowest BCUT2D eigenvalue weighted by molar-refractivity contribution is 1.28. The van der Waals surface area contributed by atoms with Crippen LogP contribution in [0.3, 0.4) is 0 Å². The molecule has 2 nitrogen and oxygen atoms in total. The molecule has 0 fully saturated rings. The van der Waals surface area contributed by atoms with Gasteiger partial charge in [0.05, 0.1) is 16.1 Å². The number of nitrogens with zero attached hydrogens (tertiary/aromatic N) is 2. The first kappa shape index (κ1) is 22.7. The average Bonchev–Trinajstić information content (AvgIpc) is 3.73. The Morgan fingerprint density at radius 3 is 1.63 bits per heavy atom. The van der Waals surface area contributed by atoms with Gasteiger partial charge in [-0.05, 0) is 81.5 Å². The van der Waals surface area contributed by atoms with Gasteiger partial charge in [0.25, 0.3) is 0 Å². The van der Waals surface area contributed by atoms with Crippen LogP contribution in [0.2, 0.25) is 0 Å². The van der Waals surface area contributed by atoms with E-state index in [1.807, 2.05) is 126 Å². The van der Waals surface area contributed by atoms with E-state index in [4.69, 9.17) is 4.98 Å². The van der Waals surface area contributed by atoms with Crippen LogP contribution < -0.4 is 4.90 Å². The van der Waals surface area contributed by atoms with Crippen molar-refractivity contribution in [2.24, 2.45) is 0 Å². The van der Waals surface area contributed by atoms with Gasteiger partial charge in [0.2, 0.25) is 0 Å². The molecule has 1 aliphatic carbocycles. The molecule has 0 atom stereocenters. The van der Waals surface area contributed by atoms with Crippen LogP contribution in [0.15, 0.2) is 170 Å². The maximum atomic E-state index is 9.46. The first-order valence-corrected chi connectivity index (χ1v) is 16.0. The average molecular weight is 609 g/mol. The topological polar surface area (TPSA) is 16.1 Å². The van der Waals surface area contributed by atoms with E-state index in [0.29, 0.717) is 5.01 Å². The highest BCUT2D eigenvalue weighted by molar-refractivity contribution is 7.19. The summed E-state index contributed by atoms with van der Waals surface area (Å²) in [6.07, 6.45) is 0. The minimum absolute atomic E-state index is 0.122. The summed E-state index contributed by atoms with van der Waals surface area (Å²) in [5.41, 5.74) is 8.83. The summed E-state index contributed by atoms with van der Waals surface area (Å²) in [5.74, 6) is 0. The number of rotatable bonds is 6. The Labute approximate surface area is 278 Å². The van der Waals surface area contributed by atoms with Crippen molar-refractivity contribution in [1.29, 1.82) is 0 Å². The number of hydrogen-bond donors (Lipinski definition) is 0. The van der Waals surface area contributed by atoms with Gasteiger partial charge in [-0.2, -0.15) is 0 Å². The second-order valence-corrected chi connectivity index (χ2v) is 12.3. The second kappa shape index (κ2) is 11.0. The van der Waals surface area contributed by atoms with Crippen molar-refractivity contribution in [3.63, 3.8) is 0 Å². The van der Waals surface area contributed by atoms with E-state index in [0.717, 1.165) is 66.1 Å². The number of thiazole rings is 1. The molecule has 1 aromatic heterocycles. The molecule has 0 amide bonds. The van der Waals surface area contributed by atoms with Crippen LogP contribution >= 0.6 is 11.3 Å². The number of benzene rings is 7. The highest BCUT2D eigenvalue weighted by Crippen LogP contribution is 2.51. The molecule has 46 heavy (non-hydrogen) atoms. The summed E-state index contributed by atoms with van der Waals surface area (Å²) >= 11 is 1.43. The highest BCUT2D eigenvalue weighted by Gasteiger charge is 2.26. The molecule has 0 aliphatic heterocycles. The molecule has 0 spiro atoms. The quantitative estimate of drug-likeness (QED) is 0.187. The molecule has 0 bridgehead atoms. The Morgan fingerprint density at radius 2 is 1.02 bits per heavy atom. The minimum Gasteiger partial charge on any atom is -0.310 e. The zero-order chi connectivity index (χ0) is 33.9. The molecule has 0 saturated heterocycles. The summed E-state index contributed by atoms with van der Waals surface area (Å²) in [4.78, 5) is 7.82. The molecule has 9 rings (SSSR count). The fourth-order valence-electron chi connectivity index (χ4n) is 6.36. The molecule has 1 aliphatic rings. The Kier molecular flexibility index (Phi) is 5.42. The largest absolute Gasteiger partial charge is 0.310 e. The van der Waals surface area contributed by atoms with Crippen LogP contribution in [0.4, 0.5) is 17.1 Å². The van der Waals surface area contributed by atoms with Crippen molar-refractivity contribution < 1.29 is 5.48 Å². The molecule has 8 aromatic rings. The van der Waals surface area contributed by atoms with Crippen molar-refractivity contribution in [2.75, 3.05) is 4.90 Å².